The van der Waals surface area contributed by atoms with E-state index in [9.17, 15) is 22.8 Å². The molecule has 0 aliphatic rings. The molecular weight excluding hydrogens is 413 g/mol. The maximum Gasteiger partial charge on any atom is 0.416 e. The third-order valence-electron chi connectivity index (χ3n) is 4.50. The Labute approximate surface area is 175 Å². The number of hydrogen-bond donors (Lipinski definition) is 2. The number of nitrogens with zero attached hydrogens (tertiary/aromatic N) is 2. The Hall–Kier alpha value is -3.82. The molecule has 31 heavy (non-hydrogen) atoms. The van der Waals surface area contributed by atoms with Crippen molar-refractivity contribution in [3.05, 3.63) is 81.8 Å². The van der Waals surface area contributed by atoms with Gasteiger partial charge in [0.1, 0.15) is 17.1 Å². The number of carbonyl (C=O) groups is 1. The van der Waals surface area contributed by atoms with Crippen molar-refractivity contribution in [1.29, 1.82) is 0 Å². The average molecular weight is 432 g/mol. The summed E-state index contributed by atoms with van der Waals surface area (Å²) >= 11 is 0. The lowest BCUT2D eigenvalue weighted by molar-refractivity contribution is -0.137. The Morgan fingerprint density at radius 1 is 1.16 bits per heavy atom. The van der Waals surface area contributed by atoms with Crippen LogP contribution in [-0.2, 0) is 6.18 Å². The maximum atomic E-state index is 13.0. The number of nitrogen functional groups attached to an aromatic ring is 1. The van der Waals surface area contributed by atoms with Crippen molar-refractivity contribution in [3.63, 3.8) is 0 Å². The van der Waals surface area contributed by atoms with Gasteiger partial charge in [0, 0.05) is 11.8 Å². The van der Waals surface area contributed by atoms with E-state index in [0.717, 1.165) is 16.8 Å². The van der Waals surface area contributed by atoms with Gasteiger partial charge >= 0.3 is 6.18 Å². The minimum Gasteiger partial charge on any atom is -0.494 e. The summed E-state index contributed by atoms with van der Waals surface area (Å²) in [6.07, 6.45) is -4.57. The number of amides is 1. The monoisotopic (exact) mass is 432 g/mol. The molecule has 0 saturated heterocycles. The number of hydrogen-bond acceptors (Lipinski definition) is 5. The molecule has 0 aliphatic heterocycles. The smallest absolute Gasteiger partial charge is 0.416 e. The molecule has 2 aromatic carbocycles. The van der Waals surface area contributed by atoms with Crippen LogP contribution in [0.1, 0.15) is 34.6 Å². The van der Waals surface area contributed by atoms with Crippen LogP contribution in [0.2, 0.25) is 0 Å². The largest absolute Gasteiger partial charge is 0.494 e. The zero-order chi connectivity index (χ0) is 22.8. The van der Waals surface area contributed by atoms with E-state index < -0.39 is 29.2 Å². The summed E-state index contributed by atoms with van der Waals surface area (Å²) in [5.74, 6) is -0.297. The quantitative estimate of drug-likeness (QED) is 0.603. The minimum atomic E-state index is -4.57. The summed E-state index contributed by atoms with van der Waals surface area (Å²) in [6.45, 7) is 1.52. The molecule has 3 rings (SSSR count). The second kappa shape index (κ2) is 8.50. The van der Waals surface area contributed by atoms with E-state index in [1.54, 1.807) is 24.3 Å². The summed E-state index contributed by atoms with van der Waals surface area (Å²) in [7, 11) is 1.43. The first kappa shape index (κ1) is 21.9. The van der Waals surface area contributed by atoms with Crippen LogP contribution in [-0.4, -0.2) is 22.8 Å². The highest BCUT2D eigenvalue weighted by atomic mass is 19.4. The predicted octanol–water partition coefficient (Wildman–Crippen LogP) is 3.33. The molecule has 162 valence electrons. The van der Waals surface area contributed by atoms with Crippen molar-refractivity contribution >= 4 is 11.6 Å². The van der Waals surface area contributed by atoms with E-state index in [0.29, 0.717) is 11.4 Å². The van der Waals surface area contributed by atoms with Crippen molar-refractivity contribution in [1.82, 2.24) is 15.1 Å². The molecule has 7 nitrogen and oxygen atoms in total. The Morgan fingerprint density at radius 2 is 1.87 bits per heavy atom. The number of methoxy groups -OCH3 is 1. The number of carbonyl (C=O) groups excluding carboxylic acids is 1. The Bertz CT molecular complexity index is 1180. The Kier molecular flexibility index (Phi) is 6.00. The first-order valence-electron chi connectivity index (χ1n) is 9.12. The number of alkyl halides is 3. The fourth-order valence-corrected chi connectivity index (χ4v) is 2.95. The number of aromatic nitrogens is 2. The van der Waals surface area contributed by atoms with Gasteiger partial charge in [0.25, 0.3) is 11.5 Å². The van der Waals surface area contributed by atoms with Crippen molar-refractivity contribution in [2.24, 2.45) is 0 Å². The van der Waals surface area contributed by atoms with Crippen LogP contribution >= 0.6 is 0 Å². The summed E-state index contributed by atoms with van der Waals surface area (Å²) in [5, 5.41) is 6.65. The van der Waals surface area contributed by atoms with Crippen LogP contribution < -0.4 is 21.3 Å². The molecule has 0 radical (unpaired) electrons. The number of para-hydroxylation sites is 2. The molecule has 0 spiro atoms. The molecule has 1 unspecified atom stereocenters. The molecule has 0 fully saturated rings. The van der Waals surface area contributed by atoms with Gasteiger partial charge in [0.05, 0.1) is 18.7 Å². The van der Waals surface area contributed by atoms with E-state index in [4.69, 9.17) is 10.5 Å². The van der Waals surface area contributed by atoms with Gasteiger partial charge in [-0.3, -0.25) is 9.59 Å². The van der Waals surface area contributed by atoms with Crippen molar-refractivity contribution in [2.75, 3.05) is 12.8 Å². The van der Waals surface area contributed by atoms with E-state index in [2.05, 4.69) is 10.4 Å². The van der Waals surface area contributed by atoms with Crippen LogP contribution in [0.5, 0.6) is 5.75 Å². The summed E-state index contributed by atoms with van der Waals surface area (Å²) < 4.78 is 45.4. The molecular formula is C21H19F3N4O3. The number of ether oxygens (including phenoxy) is 1. The summed E-state index contributed by atoms with van der Waals surface area (Å²) in [4.78, 5) is 24.9. The van der Waals surface area contributed by atoms with Gasteiger partial charge < -0.3 is 15.8 Å². The van der Waals surface area contributed by atoms with Gasteiger partial charge in [-0.1, -0.05) is 12.1 Å². The van der Waals surface area contributed by atoms with Crippen molar-refractivity contribution in [2.45, 2.75) is 19.1 Å². The van der Waals surface area contributed by atoms with Gasteiger partial charge in [-0.2, -0.15) is 23.0 Å². The fraction of sp³-hybridized carbons (Fsp3) is 0.190. The number of nitrogens with two attached hydrogens (primary N) is 1. The van der Waals surface area contributed by atoms with Gasteiger partial charge in [-0.15, -0.1) is 0 Å². The maximum absolute atomic E-state index is 13.0. The van der Waals surface area contributed by atoms with Crippen LogP contribution in [0.15, 0.2) is 59.4 Å². The molecule has 0 bridgehead atoms. The lowest BCUT2D eigenvalue weighted by Gasteiger charge is -2.17. The lowest BCUT2D eigenvalue weighted by atomic mass is 10.0. The molecule has 1 amide bonds. The SMILES string of the molecule is COc1ccccc1-n1nc(C(=O)NC(C)c2cc(N)cc(C(F)(F)F)c2)ccc1=O. The molecule has 10 heteroatoms. The third-order valence-corrected chi connectivity index (χ3v) is 4.50. The van der Waals surface area contributed by atoms with E-state index >= 15 is 0 Å². The third kappa shape index (κ3) is 4.85. The first-order chi connectivity index (χ1) is 14.6. The normalized spacial score (nSPS) is 12.3. The second-order valence-electron chi connectivity index (χ2n) is 6.72. The van der Waals surface area contributed by atoms with Gasteiger partial charge in [-0.25, -0.2) is 0 Å². The summed E-state index contributed by atoms with van der Waals surface area (Å²) in [5.41, 5.74) is 4.53. The molecule has 1 aromatic heterocycles. The number of halogens is 3. The Balaban J connectivity index is 1.89. The van der Waals surface area contributed by atoms with Crippen LogP contribution in [0.25, 0.3) is 5.69 Å². The number of nitrogens with one attached hydrogen (secondary N) is 1. The molecule has 3 aromatic rings. The number of anilines is 1. The zero-order valence-electron chi connectivity index (χ0n) is 16.6. The van der Waals surface area contributed by atoms with Gasteiger partial charge in [0.2, 0.25) is 0 Å². The van der Waals surface area contributed by atoms with Crippen LogP contribution in [0.3, 0.4) is 0 Å². The van der Waals surface area contributed by atoms with Gasteiger partial charge in [0.15, 0.2) is 0 Å². The van der Waals surface area contributed by atoms with Crippen LogP contribution in [0.4, 0.5) is 18.9 Å². The molecule has 0 aliphatic carbocycles. The van der Waals surface area contributed by atoms with E-state index in [1.165, 1.54) is 32.2 Å². The van der Waals surface area contributed by atoms with Gasteiger partial charge in [-0.05, 0) is 48.9 Å². The molecule has 3 N–H and O–H groups in total. The molecule has 0 saturated carbocycles. The average Bonchev–Trinajstić information content (AvgIpc) is 2.73. The summed E-state index contributed by atoms with van der Waals surface area (Å²) in [6, 6.07) is 11.3. The fourth-order valence-electron chi connectivity index (χ4n) is 2.95. The van der Waals surface area contributed by atoms with Crippen molar-refractivity contribution < 1.29 is 22.7 Å². The lowest BCUT2D eigenvalue weighted by Crippen LogP contribution is -2.31. The van der Waals surface area contributed by atoms with E-state index in [-0.39, 0.29) is 16.9 Å². The molecule has 1 heterocycles. The standard InChI is InChI=1S/C21H19F3N4O3/c1-12(13-9-14(21(22,23)24)11-15(25)10-13)26-20(30)16-7-8-19(29)28(27-16)17-5-3-4-6-18(17)31-2/h3-12H,25H2,1-2H3,(H,26,30). The van der Waals surface area contributed by atoms with Crippen molar-refractivity contribution in [3.8, 4) is 11.4 Å². The van der Waals surface area contributed by atoms with Crippen LogP contribution in [0, 0.1) is 0 Å². The second-order valence-corrected chi connectivity index (χ2v) is 6.72. The predicted molar refractivity (Wildman–Crippen MR) is 108 cm³/mol. The highest BCUT2D eigenvalue weighted by Gasteiger charge is 2.31. The minimum absolute atomic E-state index is 0.0752. The van der Waals surface area contributed by atoms with E-state index in [1.807, 2.05) is 0 Å². The highest BCUT2D eigenvalue weighted by Crippen LogP contribution is 2.32. The topological polar surface area (TPSA) is 99.2 Å². The Morgan fingerprint density at radius 3 is 2.55 bits per heavy atom. The number of rotatable bonds is 5. The highest BCUT2D eigenvalue weighted by molar-refractivity contribution is 5.92. The number of benzene rings is 2. The molecule has 1 atom stereocenters. The first-order valence-corrected chi connectivity index (χ1v) is 9.12. The zero-order valence-corrected chi connectivity index (χ0v) is 16.6.